The van der Waals surface area contributed by atoms with E-state index in [9.17, 15) is 4.79 Å². The maximum atomic E-state index is 11.5. The number of nitrogens with one attached hydrogen (secondary N) is 2. The van der Waals surface area contributed by atoms with Crippen LogP contribution in [0.3, 0.4) is 0 Å². The average Bonchev–Trinajstić information content (AvgIpc) is 2.18. The molecule has 1 amide bonds. The number of rotatable bonds is 4. The summed E-state index contributed by atoms with van der Waals surface area (Å²) in [6.07, 6.45) is 0. The van der Waals surface area contributed by atoms with Crippen LogP contribution in [0.1, 0.15) is 10.4 Å². The minimum atomic E-state index is -0.0947. The van der Waals surface area contributed by atoms with Crippen molar-refractivity contribution in [1.82, 2.24) is 10.6 Å². The van der Waals surface area contributed by atoms with E-state index in [0.717, 1.165) is 6.54 Å². The highest BCUT2D eigenvalue weighted by molar-refractivity contribution is 6.30. The Morgan fingerprint density at radius 1 is 1.40 bits per heavy atom. The molecule has 2 N–H and O–H groups in total. The van der Waals surface area contributed by atoms with Crippen LogP contribution in [0.15, 0.2) is 24.3 Å². The van der Waals surface area contributed by atoms with Crippen molar-refractivity contribution in [2.45, 2.75) is 0 Å². The molecule has 0 heterocycles. The molecular formula is C10H14Cl2N2O. The Bertz CT molecular complexity index is 318. The third kappa shape index (κ3) is 5.02. The van der Waals surface area contributed by atoms with Crippen molar-refractivity contribution in [2.75, 3.05) is 20.1 Å². The summed E-state index contributed by atoms with van der Waals surface area (Å²) in [5.74, 6) is -0.0947. The van der Waals surface area contributed by atoms with Crippen LogP contribution in [-0.4, -0.2) is 26.0 Å². The SMILES string of the molecule is CNCCNC(=O)c1cccc(Cl)c1.Cl. The molecule has 84 valence electrons. The zero-order valence-electron chi connectivity index (χ0n) is 8.42. The molecular weight excluding hydrogens is 235 g/mol. The minimum Gasteiger partial charge on any atom is -0.351 e. The van der Waals surface area contributed by atoms with E-state index >= 15 is 0 Å². The fourth-order valence-corrected chi connectivity index (χ4v) is 1.22. The Morgan fingerprint density at radius 3 is 2.73 bits per heavy atom. The molecule has 1 aromatic carbocycles. The first-order valence-corrected chi connectivity index (χ1v) is 4.80. The zero-order chi connectivity index (χ0) is 10.4. The lowest BCUT2D eigenvalue weighted by Crippen LogP contribution is -2.30. The highest BCUT2D eigenvalue weighted by atomic mass is 35.5. The topological polar surface area (TPSA) is 41.1 Å². The van der Waals surface area contributed by atoms with Gasteiger partial charge in [-0.2, -0.15) is 0 Å². The smallest absolute Gasteiger partial charge is 0.251 e. The second-order valence-corrected chi connectivity index (χ2v) is 3.31. The number of benzene rings is 1. The van der Waals surface area contributed by atoms with E-state index < -0.39 is 0 Å². The van der Waals surface area contributed by atoms with Crippen molar-refractivity contribution in [1.29, 1.82) is 0 Å². The van der Waals surface area contributed by atoms with Gasteiger partial charge in [0.25, 0.3) is 5.91 Å². The summed E-state index contributed by atoms with van der Waals surface area (Å²) >= 11 is 5.76. The van der Waals surface area contributed by atoms with Crippen molar-refractivity contribution < 1.29 is 4.79 Å². The molecule has 15 heavy (non-hydrogen) atoms. The summed E-state index contributed by atoms with van der Waals surface area (Å²) in [7, 11) is 1.84. The number of likely N-dealkylation sites (N-methyl/N-ethyl adjacent to an activating group) is 1. The third-order valence-corrected chi connectivity index (χ3v) is 1.98. The van der Waals surface area contributed by atoms with Gasteiger partial charge >= 0.3 is 0 Å². The molecule has 0 bridgehead atoms. The fourth-order valence-electron chi connectivity index (χ4n) is 1.03. The number of hydrogen-bond donors (Lipinski definition) is 2. The number of hydrogen-bond acceptors (Lipinski definition) is 2. The molecule has 0 radical (unpaired) electrons. The fraction of sp³-hybridized carbons (Fsp3) is 0.300. The monoisotopic (exact) mass is 248 g/mol. The molecule has 0 fully saturated rings. The molecule has 3 nitrogen and oxygen atoms in total. The van der Waals surface area contributed by atoms with Crippen LogP contribution in [0.25, 0.3) is 0 Å². The molecule has 0 spiro atoms. The molecule has 0 aromatic heterocycles. The van der Waals surface area contributed by atoms with Crippen molar-refractivity contribution in [3.8, 4) is 0 Å². The number of carbonyl (C=O) groups excluding carboxylic acids is 1. The van der Waals surface area contributed by atoms with Crippen LogP contribution >= 0.6 is 24.0 Å². The standard InChI is InChI=1S/C10H13ClN2O.ClH/c1-12-5-6-13-10(14)8-3-2-4-9(11)7-8;/h2-4,7,12H,5-6H2,1H3,(H,13,14);1H. The summed E-state index contributed by atoms with van der Waals surface area (Å²) in [6, 6.07) is 6.89. The summed E-state index contributed by atoms with van der Waals surface area (Å²) in [6.45, 7) is 1.37. The van der Waals surface area contributed by atoms with Crippen molar-refractivity contribution in [3.63, 3.8) is 0 Å². The molecule has 0 unspecified atom stereocenters. The second-order valence-electron chi connectivity index (χ2n) is 2.87. The van der Waals surface area contributed by atoms with Gasteiger partial charge in [-0.1, -0.05) is 17.7 Å². The predicted molar refractivity (Wildman–Crippen MR) is 65.0 cm³/mol. The first kappa shape index (κ1) is 14.2. The molecule has 0 aliphatic rings. The van der Waals surface area contributed by atoms with Crippen LogP contribution < -0.4 is 10.6 Å². The van der Waals surface area contributed by atoms with E-state index in [2.05, 4.69) is 10.6 Å². The van der Waals surface area contributed by atoms with Crippen LogP contribution in [0, 0.1) is 0 Å². The van der Waals surface area contributed by atoms with Crippen molar-refractivity contribution in [2.24, 2.45) is 0 Å². The molecule has 0 aliphatic heterocycles. The van der Waals surface area contributed by atoms with Crippen LogP contribution in [0.2, 0.25) is 5.02 Å². The van der Waals surface area contributed by atoms with Gasteiger partial charge < -0.3 is 10.6 Å². The Labute approximate surface area is 101 Å². The van der Waals surface area contributed by atoms with Gasteiger partial charge in [-0.15, -0.1) is 12.4 Å². The highest BCUT2D eigenvalue weighted by Gasteiger charge is 2.03. The molecule has 1 aromatic rings. The largest absolute Gasteiger partial charge is 0.351 e. The van der Waals surface area contributed by atoms with Gasteiger partial charge in [0, 0.05) is 23.7 Å². The summed E-state index contributed by atoms with van der Waals surface area (Å²) in [5, 5.41) is 6.29. The minimum absolute atomic E-state index is 0. The first-order valence-electron chi connectivity index (χ1n) is 4.42. The Hall–Kier alpha value is -0.770. The van der Waals surface area contributed by atoms with Crippen LogP contribution in [0.5, 0.6) is 0 Å². The van der Waals surface area contributed by atoms with E-state index in [0.29, 0.717) is 17.1 Å². The van der Waals surface area contributed by atoms with Gasteiger partial charge in [0.2, 0.25) is 0 Å². The molecule has 0 saturated carbocycles. The van der Waals surface area contributed by atoms with Gasteiger partial charge in [-0.05, 0) is 25.2 Å². The Kier molecular flexibility index (Phi) is 7.13. The maximum absolute atomic E-state index is 11.5. The lowest BCUT2D eigenvalue weighted by Gasteiger charge is -2.04. The van der Waals surface area contributed by atoms with E-state index in [1.54, 1.807) is 24.3 Å². The summed E-state index contributed by atoms with van der Waals surface area (Å²) < 4.78 is 0. The second kappa shape index (κ2) is 7.51. The average molecular weight is 249 g/mol. The lowest BCUT2D eigenvalue weighted by molar-refractivity contribution is 0.0954. The molecule has 0 aliphatic carbocycles. The van der Waals surface area contributed by atoms with Gasteiger partial charge in [0.1, 0.15) is 0 Å². The third-order valence-electron chi connectivity index (χ3n) is 1.75. The molecule has 5 heteroatoms. The molecule has 0 atom stereocenters. The van der Waals surface area contributed by atoms with Gasteiger partial charge in [0.05, 0.1) is 0 Å². The van der Waals surface area contributed by atoms with E-state index in [4.69, 9.17) is 11.6 Å². The van der Waals surface area contributed by atoms with Crippen molar-refractivity contribution >= 4 is 29.9 Å². The first-order chi connectivity index (χ1) is 6.74. The van der Waals surface area contributed by atoms with Gasteiger partial charge in [-0.3, -0.25) is 4.79 Å². The Balaban J connectivity index is 0.00000196. The van der Waals surface area contributed by atoms with E-state index in [1.807, 2.05) is 7.05 Å². The number of halogens is 2. The van der Waals surface area contributed by atoms with E-state index in [-0.39, 0.29) is 18.3 Å². The Morgan fingerprint density at radius 2 is 2.13 bits per heavy atom. The van der Waals surface area contributed by atoms with Gasteiger partial charge in [-0.25, -0.2) is 0 Å². The maximum Gasteiger partial charge on any atom is 0.251 e. The highest BCUT2D eigenvalue weighted by Crippen LogP contribution is 2.10. The molecule has 1 rings (SSSR count). The predicted octanol–water partition coefficient (Wildman–Crippen LogP) is 1.71. The van der Waals surface area contributed by atoms with E-state index in [1.165, 1.54) is 0 Å². The zero-order valence-corrected chi connectivity index (χ0v) is 9.99. The van der Waals surface area contributed by atoms with Gasteiger partial charge in [0.15, 0.2) is 0 Å². The normalized spacial score (nSPS) is 9.20. The van der Waals surface area contributed by atoms with Crippen LogP contribution in [0.4, 0.5) is 0 Å². The lowest BCUT2D eigenvalue weighted by atomic mass is 10.2. The van der Waals surface area contributed by atoms with Crippen LogP contribution in [-0.2, 0) is 0 Å². The summed E-state index contributed by atoms with van der Waals surface area (Å²) in [4.78, 5) is 11.5. The quantitative estimate of drug-likeness (QED) is 0.797. The van der Waals surface area contributed by atoms with Crippen molar-refractivity contribution in [3.05, 3.63) is 34.9 Å². The molecule has 0 saturated heterocycles. The number of carbonyl (C=O) groups is 1. The summed E-state index contributed by atoms with van der Waals surface area (Å²) in [5.41, 5.74) is 0.591. The number of amides is 1.